The molecule has 0 radical (unpaired) electrons. The van der Waals surface area contributed by atoms with Crippen LogP contribution in [0.1, 0.15) is 22.8 Å². The number of carbonyl (C=O) groups excluding carboxylic acids is 1. The third-order valence-corrected chi connectivity index (χ3v) is 4.69. The van der Waals surface area contributed by atoms with E-state index >= 15 is 0 Å². The molecule has 1 saturated carbocycles. The summed E-state index contributed by atoms with van der Waals surface area (Å²) in [6.07, 6.45) is 0.707. The van der Waals surface area contributed by atoms with E-state index in [-0.39, 0.29) is 17.7 Å². The molecule has 1 heterocycles. The van der Waals surface area contributed by atoms with Gasteiger partial charge in [-0.1, -0.05) is 12.1 Å². The number of carbonyl (C=O) groups is 1. The molecule has 1 amide bonds. The molecule has 1 aliphatic rings. The van der Waals surface area contributed by atoms with Crippen LogP contribution in [0.25, 0.3) is 0 Å². The molecule has 1 fully saturated rings. The standard InChI is InChI=1S/C16H15F2NOS/c1-19(9-11-3-2-6-21-11)16(20)13-8-12(13)10-4-5-14(17)15(18)7-10/h2-7,12-13H,8-9H2,1H3. The highest BCUT2D eigenvalue weighted by Crippen LogP contribution is 2.48. The minimum absolute atomic E-state index is 0.0124. The van der Waals surface area contributed by atoms with Gasteiger partial charge in [0.15, 0.2) is 11.6 Å². The summed E-state index contributed by atoms with van der Waals surface area (Å²) in [5.41, 5.74) is 0.705. The number of nitrogens with zero attached hydrogens (tertiary/aromatic N) is 1. The van der Waals surface area contributed by atoms with E-state index in [2.05, 4.69) is 0 Å². The Labute approximate surface area is 126 Å². The van der Waals surface area contributed by atoms with E-state index in [1.54, 1.807) is 29.4 Å². The predicted octanol–water partition coefficient (Wildman–Crippen LogP) is 3.79. The first kappa shape index (κ1) is 14.2. The first-order valence-corrected chi connectivity index (χ1v) is 7.66. The van der Waals surface area contributed by atoms with Crippen molar-refractivity contribution in [2.75, 3.05) is 7.05 Å². The Hall–Kier alpha value is -1.75. The molecule has 110 valence electrons. The van der Waals surface area contributed by atoms with Gasteiger partial charge < -0.3 is 4.90 Å². The van der Waals surface area contributed by atoms with E-state index in [9.17, 15) is 13.6 Å². The van der Waals surface area contributed by atoms with Crippen LogP contribution in [0.2, 0.25) is 0 Å². The van der Waals surface area contributed by atoms with Crippen molar-refractivity contribution in [2.24, 2.45) is 5.92 Å². The average molecular weight is 307 g/mol. The molecule has 0 N–H and O–H groups in total. The Morgan fingerprint density at radius 2 is 2.14 bits per heavy atom. The van der Waals surface area contributed by atoms with Crippen molar-refractivity contribution in [1.82, 2.24) is 4.90 Å². The molecule has 0 saturated heterocycles. The predicted molar refractivity (Wildman–Crippen MR) is 78.0 cm³/mol. The molecule has 2 aromatic rings. The maximum absolute atomic E-state index is 13.2. The average Bonchev–Trinajstić information content (AvgIpc) is 3.10. The van der Waals surface area contributed by atoms with Crippen molar-refractivity contribution < 1.29 is 13.6 Å². The molecule has 21 heavy (non-hydrogen) atoms. The largest absolute Gasteiger partial charge is 0.340 e. The lowest BCUT2D eigenvalue weighted by atomic mass is 10.1. The summed E-state index contributed by atoms with van der Waals surface area (Å²) in [4.78, 5) is 15.2. The molecule has 0 bridgehead atoms. The number of rotatable bonds is 4. The first-order chi connectivity index (χ1) is 10.1. The second-order valence-electron chi connectivity index (χ2n) is 5.40. The zero-order valence-electron chi connectivity index (χ0n) is 11.6. The van der Waals surface area contributed by atoms with Gasteiger partial charge in [-0.05, 0) is 41.5 Å². The van der Waals surface area contributed by atoms with Crippen LogP contribution in [-0.4, -0.2) is 17.9 Å². The summed E-state index contributed by atoms with van der Waals surface area (Å²) < 4.78 is 26.2. The van der Waals surface area contributed by atoms with Crippen LogP contribution >= 0.6 is 11.3 Å². The molecule has 1 aliphatic carbocycles. The van der Waals surface area contributed by atoms with Crippen LogP contribution < -0.4 is 0 Å². The minimum Gasteiger partial charge on any atom is -0.340 e. The third-order valence-electron chi connectivity index (χ3n) is 3.83. The summed E-state index contributed by atoms with van der Waals surface area (Å²) in [6, 6.07) is 7.84. The van der Waals surface area contributed by atoms with E-state index in [4.69, 9.17) is 0 Å². The normalized spacial score (nSPS) is 20.3. The highest BCUT2D eigenvalue weighted by Gasteiger charge is 2.45. The van der Waals surface area contributed by atoms with Gasteiger partial charge in [0, 0.05) is 17.8 Å². The Kier molecular flexibility index (Phi) is 3.76. The zero-order valence-corrected chi connectivity index (χ0v) is 12.4. The summed E-state index contributed by atoms with van der Waals surface area (Å²) in [6.45, 7) is 0.595. The van der Waals surface area contributed by atoms with Gasteiger partial charge >= 0.3 is 0 Å². The lowest BCUT2D eigenvalue weighted by Crippen LogP contribution is -2.27. The molecule has 1 aromatic carbocycles. The molecule has 2 atom stereocenters. The molecule has 3 rings (SSSR count). The molecule has 1 aromatic heterocycles. The molecular formula is C16H15F2NOS. The Morgan fingerprint density at radius 3 is 2.81 bits per heavy atom. The van der Waals surface area contributed by atoms with E-state index < -0.39 is 11.6 Å². The fourth-order valence-electron chi connectivity index (χ4n) is 2.58. The van der Waals surface area contributed by atoms with Crippen LogP contribution in [0.3, 0.4) is 0 Å². The van der Waals surface area contributed by atoms with Crippen LogP contribution in [0.4, 0.5) is 8.78 Å². The van der Waals surface area contributed by atoms with Gasteiger partial charge in [-0.2, -0.15) is 0 Å². The SMILES string of the molecule is CN(Cc1cccs1)C(=O)C1CC1c1ccc(F)c(F)c1. The van der Waals surface area contributed by atoms with Gasteiger partial charge in [-0.3, -0.25) is 4.79 Å². The molecular weight excluding hydrogens is 292 g/mol. The van der Waals surface area contributed by atoms with Gasteiger partial charge in [0.05, 0.1) is 6.54 Å². The lowest BCUT2D eigenvalue weighted by Gasteiger charge is -2.16. The van der Waals surface area contributed by atoms with E-state index in [1.165, 1.54) is 6.07 Å². The monoisotopic (exact) mass is 307 g/mol. The molecule has 2 unspecified atom stereocenters. The van der Waals surface area contributed by atoms with Crippen molar-refractivity contribution in [1.29, 1.82) is 0 Å². The van der Waals surface area contributed by atoms with Crippen molar-refractivity contribution in [3.63, 3.8) is 0 Å². The van der Waals surface area contributed by atoms with Crippen molar-refractivity contribution in [3.05, 3.63) is 57.8 Å². The molecule has 0 spiro atoms. The number of hydrogen-bond donors (Lipinski definition) is 0. The van der Waals surface area contributed by atoms with E-state index in [0.29, 0.717) is 18.5 Å². The summed E-state index contributed by atoms with van der Waals surface area (Å²) in [7, 11) is 1.78. The highest BCUT2D eigenvalue weighted by molar-refractivity contribution is 7.09. The Morgan fingerprint density at radius 1 is 1.33 bits per heavy atom. The number of hydrogen-bond acceptors (Lipinski definition) is 2. The number of benzene rings is 1. The minimum atomic E-state index is -0.850. The van der Waals surface area contributed by atoms with Crippen LogP contribution in [0.15, 0.2) is 35.7 Å². The van der Waals surface area contributed by atoms with Gasteiger partial charge in [0.1, 0.15) is 0 Å². The van der Waals surface area contributed by atoms with Crippen molar-refractivity contribution >= 4 is 17.2 Å². The van der Waals surface area contributed by atoms with Crippen molar-refractivity contribution in [3.8, 4) is 0 Å². The number of thiophene rings is 1. The second kappa shape index (κ2) is 5.56. The van der Waals surface area contributed by atoms with E-state index in [1.807, 2.05) is 17.5 Å². The number of amides is 1. The van der Waals surface area contributed by atoms with Gasteiger partial charge in [-0.25, -0.2) is 8.78 Å². The third kappa shape index (κ3) is 2.97. The maximum Gasteiger partial charge on any atom is 0.226 e. The summed E-state index contributed by atoms with van der Waals surface area (Å²) >= 11 is 1.62. The summed E-state index contributed by atoms with van der Waals surface area (Å²) in [5, 5.41) is 1.98. The smallest absolute Gasteiger partial charge is 0.226 e. The highest BCUT2D eigenvalue weighted by atomic mass is 32.1. The van der Waals surface area contributed by atoms with Crippen molar-refractivity contribution in [2.45, 2.75) is 18.9 Å². The van der Waals surface area contributed by atoms with Gasteiger partial charge in [0.25, 0.3) is 0 Å². The number of halogens is 2. The molecule has 0 aliphatic heterocycles. The van der Waals surface area contributed by atoms with E-state index in [0.717, 1.165) is 10.9 Å². The van der Waals surface area contributed by atoms with Gasteiger partial charge in [0.2, 0.25) is 5.91 Å². The second-order valence-corrected chi connectivity index (χ2v) is 6.43. The fraction of sp³-hybridized carbons (Fsp3) is 0.312. The molecule has 2 nitrogen and oxygen atoms in total. The van der Waals surface area contributed by atoms with Gasteiger partial charge in [-0.15, -0.1) is 11.3 Å². The van der Waals surface area contributed by atoms with Crippen LogP contribution in [0.5, 0.6) is 0 Å². The fourth-order valence-corrected chi connectivity index (χ4v) is 3.33. The summed E-state index contributed by atoms with van der Waals surface area (Å²) in [5.74, 6) is -1.73. The van der Waals surface area contributed by atoms with Crippen LogP contribution in [0, 0.1) is 17.6 Å². The molecule has 5 heteroatoms. The Bertz CT molecular complexity index is 656. The quantitative estimate of drug-likeness (QED) is 0.841. The van der Waals surface area contributed by atoms with Crippen LogP contribution in [-0.2, 0) is 11.3 Å². The topological polar surface area (TPSA) is 20.3 Å². The first-order valence-electron chi connectivity index (χ1n) is 6.78. The zero-order chi connectivity index (χ0) is 15.0. The Balaban J connectivity index is 1.63. The lowest BCUT2D eigenvalue weighted by molar-refractivity contribution is -0.131. The maximum atomic E-state index is 13.2.